The number of nitrogens with zero attached hydrogens (tertiary/aromatic N) is 1. The van der Waals surface area contributed by atoms with Crippen molar-refractivity contribution in [3.8, 4) is 0 Å². The van der Waals surface area contributed by atoms with E-state index >= 15 is 0 Å². The Morgan fingerprint density at radius 1 is 1.29 bits per heavy atom. The second kappa shape index (κ2) is 9.48. The Morgan fingerprint density at radius 3 is 2.50 bits per heavy atom. The molecule has 1 heterocycles. The van der Waals surface area contributed by atoms with Crippen molar-refractivity contribution in [1.29, 1.82) is 0 Å². The van der Waals surface area contributed by atoms with E-state index in [-0.39, 0.29) is 37.4 Å². The van der Waals surface area contributed by atoms with Crippen LogP contribution >= 0.6 is 0 Å². The second-order valence-corrected chi connectivity index (χ2v) is 6.88. The summed E-state index contributed by atoms with van der Waals surface area (Å²) in [6.07, 6.45) is 0.781. The van der Waals surface area contributed by atoms with Crippen LogP contribution in [0.25, 0.3) is 0 Å². The van der Waals surface area contributed by atoms with E-state index in [2.05, 4.69) is 5.32 Å². The number of carbonyl (C=O) groups is 3. The summed E-state index contributed by atoms with van der Waals surface area (Å²) < 4.78 is 18.5. The van der Waals surface area contributed by atoms with Gasteiger partial charge in [-0.05, 0) is 44.9 Å². The first-order chi connectivity index (χ1) is 13.3. The fraction of sp³-hybridized carbons (Fsp3) is 0.476. The lowest BCUT2D eigenvalue weighted by Crippen LogP contribution is -2.45. The van der Waals surface area contributed by atoms with Crippen molar-refractivity contribution in [2.75, 3.05) is 13.2 Å². The average Bonchev–Trinajstić information content (AvgIpc) is 2.65. The van der Waals surface area contributed by atoms with Crippen LogP contribution in [0.3, 0.4) is 0 Å². The number of esters is 1. The molecule has 1 aliphatic heterocycles. The van der Waals surface area contributed by atoms with Gasteiger partial charge in [0.25, 0.3) is 0 Å². The van der Waals surface area contributed by atoms with E-state index in [1.165, 1.54) is 17.0 Å². The van der Waals surface area contributed by atoms with Crippen molar-refractivity contribution in [2.24, 2.45) is 0 Å². The summed E-state index contributed by atoms with van der Waals surface area (Å²) >= 11 is 0. The number of rotatable bonds is 7. The lowest BCUT2D eigenvalue weighted by atomic mass is 9.83. The monoisotopic (exact) mass is 390 g/mol. The molecule has 1 aromatic rings. The van der Waals surface area contributed by atoms with Crippen LogP contribution in [0.4, 0.5) is 4.39 Å². The van der Waals surface area contributed by atoms with E-state index in [1.54, 1.807) is 26.0 Å². The third kappa shape index (κ3) is 4.97. The minimum absolute atomic E-state index is 0.00632. The number of ether oxygens (including phenoxy) is 1. The Morgan fingerprint density at radius 2 is 1.93 bits per heavy atom. The van der Waals surface area contributed by atoms with Crippen LogP contribution < -0.4 is 5.32 Å². The highest BCUT2D eigenvalue weighted by molar-refractivity contribution is 5.97. The second-order valence-electron chi connectivity index (χ2n) is 6.88. The molecule has 0 aromatic heterocycles. The Labute approximate surface area is 164 Å². The van der Waals surface area contributed by atoms with Crippen LogP contribution in [0.15, 0.2) is 35.5 Å². The summed E-state index contributed by atoms with van der Waals surface area (Å²) in [5.41, 5.74) is 1.37. The quantitative estimate of drug-likeness (QED) is 0.727. The zero-order chi connectivity index (χ0) is 20.8. The number of amides is 2. The maximum absolute atomic E-state index is 13.3. The summed E-state index contributed by atoms with van der Waals surface area (Å²) in [5.74, 6) is -2.02. The highest BCUT2D eigenvalue weighted by atomic mass is 19.1. The minimum Gasteiger partial charge on any atom is -0.463 e. The molecular formula is C21H27FN2O4. The van der Waals surface area contributed by atoms with Gasteiger partial charge in [0.15, 0.2) is 0 Å². The van der Waals surface area contributed by atoms with Crippen molar-refractivity contribution >= 4 is 17.8 Å². The maximum atomic E-state index is 13.3. The highest BCUT2D eigenvalue weighted by Gasteiger charge is 2.37. The summed E-state index contributed by atoms with van der Waals surface area (Å²) in [6.45, 7) is 7.20. The van der Waals surface area contributed by atoms with E-state index in [4.69, 9.17) is 4.74 Å². The largest absolute Gasteiger partial charge is 0.463 e. The molecule has 1 N–H and O–H groups in total. The van der Waals surface area contributed by atoms with Gasteiger partial charge < -0.3 is 15.0 Å². The molecule has 28 heavy (non-hydrogen) atoms. The summed E-state index contributed by atoms with van der Waals surface area (Å²) in [6, 6.07) is 5.71. The number of halogens is 1. The van der Waals surface area contributed by atoms with Gasteiger partial charge in [0, 0.05) is 24.1 Å². The first-order valence-corrected chi connectivity index (χ1v) is 9.51. The number of allylic oxidation sites excluding steroid dienone is 1. The van der Waals surface area contributed by atoms with Crippen molar-refractivity contribution in [3.05, 3.63) is 46.9 Å². The van der Waals surface area contributed by atoms with E-state index in [0.29, 0.717) is 16.8 Å². The first kappa shape index (κ1) is 21.6. The van der Waals surface area contributed by atoms with Crippen LogP contribution in [-0.2, 0) is 19.1 Å². The SMILES string of the molecule is CCOC(=O)C1=C(C)N(CC(=O)NC(C)CC)C(=O)CC1c1ccc(F)cc1. The normalized spacial score (nSPS) is 18.1. The standard InChI is InChI=1S/C21H27FN2O4/c1-5-13(3)23-18(25)12-24-14(4)20(21(27)28-6-2)17(11-19(24)26)15-7-9-16(22)10-8-15/h7-10,13,17H,5-6,11-12H2,1-4H3,(H,23,25). The number of carbonyl (C=O) groups excluding carboxylic acids is 3. The van der Waals surface area contributed by atoms with Crippen LogP contribution in [0.1, 0.15) is 52.0 Å². The third-order valence-electron chi connectivity index (χ3n) is 4.91. The van der Waals surface area contributed by atoms with Gasteiger partial charge in [-0.15, -0.1) is 0 Å². The molecule has 2 rings (SSSR count). The molecule has 0 bridgehead atoms. The van der Waals surface area contributed by atoms with Crippen LogP contribution in [-0.4, -0.2) is 41.9 Å². The zero-order valence-electron chi connectivity index (χ0n) is 16.8. The third-order valence-corrected chi connectivity index (χ3v) is 4.91. The van der Waals surface area contributed by atoms with Gasteiger partial charge in [-0.3, -0.25) is 9.59 Å². The molecule has 1 aliphatic rings. The molecule has 0 fully saturated rings. The fourth-order valence-corrected chi connectivity index (χ4v) is 3.22. The summed E-state index contributed by atoms with van der Waals surface area (Å²) in [4.78, 5) is 39.0. The number of nitrogens with one attached hydrogen (secondary N) is 1. The predicted octanol–water partition coefficient (Wildman–Crippen LogP) is 2.89. The number of hydrogen-bond donors (Lipinski definition) is 1. The molecule has 0 saturated heterocycles. The van der Waals surface area contributed by atoms with Crippen molar-refractivity contribution in [3.63, 3.8) is 0 Å². The van der Waals surface area contributed by atoms with E-state index in [9.17, 15) is 18.8 Å². The fourth-order valence-electron chi connectivity index (χ4n) is 3.22. The van der Waals surface area contributed by atoms with Gasteiger partial charge in [-0.25, -0.2) is 9.18 Å². The molecule has 0 radical (unpaired) electrons. The van der Waals surface area contributed by atoms with Gasteiger partial charge in [-0.2, -0.15) is 0 Å². The molecular weight excluding hydrogens is 363 g/mol. The van der Waals surface area contributed by atoms with Gasteiger partial charge in [0.1, 0.15) is 12.4 Å². The van der Waals surface area contributed by atoms with Gasteiger partial charge >= 0.3 is 5.97 Å². The van der Waals surface area contributed by atoms with Crippen LogP contribution in [0, 0.1) is 5.82 Å². The topological polar surface area (TPSA) is 75.7 Å². The van der Waals surface area contributed by atoms with E-state index in [1.807, 2.05) is 13.8 Å². The molecule has 0 spiro atoms. The molecule has 152 valence electrons. The smallest absolute Gasteiger partial charge is 0.336 e. The van der Waals surface area contributed by atoms with Crippen molar-refractivity contribution in [2.45, 2.75) is 52.5 Å². The van der Waals surface area contributed by atoms with Crippen LogP contribution in [0.5, 0.6) is 0 Å². The molecule has 1 aromatic carbocycles. The number of hydrogen-bond acceptors (Lipinski definition) is 4. The molecule has 7 heteroatoms. The Kier molecular flexibility index (Phi) is 7.31. The maximum Gasteiger partial charge on any atom is 0.336 e. The minimum atomic E-state index is -0.541. The van der Waals surface area contributed by atoms with E-state index < -0.39 is 17.7 Å². The van der Waals surface area contributed by atoms with Crippen molar-refractivity contribution in [1.82, 2.24) is 10.2 Å². The van der Waals surface area contributed by atoms with Gasteiger partial charge in [0.05, 0.1) is 12.2 Å². The van der Waals surface area contributed by atoms with Crippen molar-refractivity contribution < 1.29 is 23.5 Å². The molecule has 0 saturated carbocycles. The summed E-state index contributed by atoms with van der Waals surface area (Å²) in [5, 5.41) is 2.82. The molecule has 2 unspecified atom stereocenters. The molecule has 2 amide bonds. The molecule has 6 nitrogen and oxygen atoms in total. The highest BCUT2D eigenvalue weighted by Crippen LogP contribution is 2.37. The van der Waals surface area contributed by atoms with Gasteiger partial charge in [0.2, 0.25) is 11.8 Å². The Hall–Kier alpha value is -2.70. The number of benzene rings is 1. The average molecular weight is 390 g/mol. The Bertz CT molecular complexity index is 773. The summed E-state index contributed by atoms with van der Waals surface area (Å²) in [7, 11) is 0. The first-order valence-electron chi connectivity index (χ1n) is 9.51. The predicted molar refractivity (Wildman–Crippen MR) is 103 cm³/mol. The Balaban J connectivity index is 2.39. The van der Waals surface area contributed by atoms with Gasteiger partial charge in [-0.1, -0.05) is 19.1 Å². The van der Waals surface area contributed by atoms with E-state index in [0.717, 1.165) is 6.42 Å². The zero-order valence-corrected chi connectivity index (χ0v) is 16.8. The molecule has 0 aliphatic carbocycles. The van der Waals surface area contributed by atoms with Crippen LogP contribution in [0.2, 0.25) is 0 Å². The lowest BCUT2D eigenvalue weighted by Gasteiger charge is -2.34. The lowest BCUT2D eigenvalue weighted by molar-refractivity contribution is -0.141. The molecule has 2 atom stereocenters.